The molecular weight excluding hydrogens is 272 g/mol. The summed E-state index contributed by atoms with van der Waals surface area (Å²) in [5.41, 5.74) is 1.09. The van der Waals surface area contributed by atoms with Crippen molar-refractivity contribution in [3.05, 3.63) is 59.7 Å². The smallest absolute Gasteiger partial charge is 0.339 e. The van der Waals surface area contributed by atoms with Crippen molar-refractivity contribution in [3.8, 4) is 11.5 Å². The Morgan fingerprint density at radius 2 is 1.90 bits per heavy atom. The van der Waals surface area contributed by atoms with Crippen molar-refractivity contribution in [2.75, 3.05) is 13.9 Å². The van der Waals surface area contributed by atoms with Gasteiger partial charge in [0.15, 0.2) is 6.79 Å². The second-order valence-corrected chi connectivity index (χ2v) is 4.26. The van der Waals surface area contributed by atoms with Crippen LogP contribution in [-0.2, 0) is 11.3 Å². The van der Waals surface area contributed by atoms with Gasteiger partial charge in [0.25, 0.3) is 0 Å². The number of carboxylic acid groups (broad SMARTS) is 1. The van der Waals surface area contributed by atoms with Gasteiger partial charge >= 0.3 is 5.97 Å². The summed E-state index contributed by atoms with van der Waals surface area (Å²) in [7, 11) is 1.51. The molecule has 0 radical (unpaired) electrons. The first-order valence-corrected chi connectivity index (χ1v) is 6.36. The number of rotatable bonds is 7. The molecule has 0 aliphatic heterocycles. The van der Waals surface area contributed by atoms with Gasteiger partial charge < -0.3 is 19.3 Å². The van der Waals surface area contributed by atoms with Gasteiger partial charge in [0.05, 0.1) is 13.7 Å². The number of carboxylic acids is 1. The number of benzene rings is 2. The minimum atomic E-state index is -1.06. The molecule has 2 aromatic rings. The normalized spacial score (nSPS) is 10.1. The topological polar surface area (TPSA) is 65.0 Å². The molecule has 0 aromatic heterocycles. The lowest BCUT2D eigenvalue weighted by Crippen LogP contribution is -2.07. The van der Waals surface area contributed by atoms with E-state index in [1.165, 1.54) is 19.2 Å². The van der Waals surface area contributed by atoms with Crippen LogP contribution in [0.25, 0.3) is 0 Å². The third-order valence-corrected chi connectivity index (χ3v) is 2.83. The molecule has 21 heavy (non-hydrogen) atoms. The molecular formula is C16H16O5. The minimum absolute atomic E-state index is 0.0393. The van der Waals surface area contributed by atoms with Crippen LogP contribution in [0.5, 0.6) is 11.5 Å². The van der Waals surface area contributed by atoms with Gasteiger partial charge in [-0.15, -0.1) is 0 Å². The lowest BCUT2D eigenvalue weighted by Gasteiger charge is -2.11. The van der Waals surface area contributed by atoms with Crippen molar-refractivity contribution in [1.82, 2.24) is 0 Å². The fourth-order valence-corrected chi connectivity index (χ4v) is 1.76. The van der Waals surface area contributed by atoms with Gasteiger partial charge in [-0.2, -0.15) is 0 Å². The van der Waals surface area contributed by atoms with Gasteiger partial charge in [-0.25, -0.2) is 4.79 Å². The Labute approximate surface area is 122 Å². The zero-order valence-electron chi connectivity index (χ0n) is 11.6. The van der Waals surface area contributed by atoms with Gasteiger partial charge in [0.1, 0.15) is 17.1 Å². The van der Waals surface area contributed by atoms with Gasteiger partial charge in [0, 0.05) is 6.07 Å². The predicted octanol–water partition coefficient (Wildman–Crippen LogP) is 2.95. The molecule has 5 heteroatoms. The highest BCUT2D eigenvalue weighted by atomic mass is 16.7. The molecule has 0 spiro atoms. The second-order valence-electron chi connectivity index (χ2n) is 4.26. The molecule has 2 aromatic carbocycles. The van der Waals surface area contributed by atoms with Gasteiger partial charge in [-0.3, -0.25) is 0 Å². The molecule has 0 aliphatic carbocycles. The molecule has 0 heterocycles. The van der Waals surface area contributed by atoms with Crippen molar-refractivity contribution in [3.63, 3.8) is 0 Å². The Hall–Kier alpha value is -2.53. The first-order valence-electron chi connectivity index (χ1n) is 6.36. The third-order valence-electron chi connectivity index (χ3n) is 2.83. The van der Waals surface area contributed by atoms with Crippen LogP contribution in [0.2, 0.25) is 0 Å². The minimum Gasteiger partial charge on any atom is -0.497 e. The monoisotopic (exact) mass is 288 g/mol. The lowest BCUT2D eigenvalue weighted by molar-refractivity contribution is 0.00422. The molecule has 0 unspecified atom stereocenters. The largest absolute Gasteiger partial charge is 0.497 e. The molecule has 5 nitrogen and oxygen atoms in total. The summed E-state index contributed by atoms with van der Waals surface area (Å²) in [5, 5.41) is 9.10. The standard InChI is InChI=1S/C16H16O5/c1-19-13-7-8-14(16(17)18)15(9-13)21-11-20-10-12-5-3-2-4-6-12/h2-9H,10-11H2,1H3,(H,17,18). The summed E-state index contributed by atoms with van der Waals surface area (Å²) in [6, 6.07) is 14.2. The van der Waals surface area contributed by atoms with Crippen molar-refractivity contribution in [2.45, 2.75) is 6.61 Å². The van der Waals surface area contributed by atoms with Crippen molar-refractivity contribution < 1.29 is 24.1 Å². The molecule has 0 saturated carbocycles. The summed E-state index contributed by atoms with van der Waals surface area (Å²) in [4.78, 5) is 11.1. The Morgan fingerprint density at radius 1 is 1.14 bits per heavy atom. The number of ether oxygens (including phenoxy) is 3. The van der Waals surface area contributed by atoms with E-state index in [0.29, 0.717) is 12.4 Å². The first-order chi connectivity index (χ1) is 10.2. The highest BCUT2D eigenvalue weighted by molar-refractivity contribution is 5.91. The zero-order chi connectivity index (χ0) is 15.1. The first kappa shape index (κ1) is 14.9. The Morgan fingerprint density at radius 3 is 2.57 bits per heavy atom. The predicted molar refractivity (Wildman–Crippen MR) is 76.7 cm³/mol. The highest BCUT2D eigenvalue weighted by Gasteiger charge is 2.12. The van der Waals surface area contributed by atoms with Crippen molar-refractivity contribution >= 4 is 5.97 Å². The summed E-state index contributed by atoms with van der Waals surface area (Å²) in [6.45, 7) is 0.357. The van der Waals surface area contributed by atoms with E-state index in [-0.39, 0.29) is 18.1 Å². The highest BCUT2D eigenvalue weighted by Crippen LogP contribution is 2.25. The zero-order valence-corrected chi connectivity index (χ0v) is 11.6. The van der Waals surface area contributed by atoms with Crippen LogP contribution in [0.4, 0.5) is 0 Å². The van der Waals surface area contributed by atoms with Gasteiger partial charge in [-0.1, -0.05) is 30.3 Å². The van der Waals surface area contributed by atoms with Crippen LogP contribution in [-0.4, -0.2) is 25.0 Å². The van der Waals surface area contributed by atoms with E-state index in [1.54, 1.807) is 6.07 Å². The van der Waals surface area contributed by atoms with E-state index in [0.717, 1.165) is 5.56 Å². The van der Waals surface area contributed by atoms with Gasteiger partial charge in [-0.05, 0) is 17.7 Å². The summed E-state index contributed by atoms with van der Waals surface area (Å²) < 4.78 is 15.8. The van der Waals surface area contributed by atoms with Crippen LogP contribution in [0, 0.1) is 0 Å². The number of aromatic carboxylic acids is 1. The molecule has 0 saturated heterocycles. The van der Waals surface area contributed by atoms with Gasteiger partial charge in [0.2, 0.25) is 0 Å². The molecule has 0 fully saturated rings. The van der Waals surface area contributed by atoms with Crippen LogP contribution in [0.3, 0.4) is 0 Å². The molecule has 2 rings (SSSR count). The van der Waals surface area contributed by atoms with E-state index in [2.05, 4.69) is 0 Å². The Balaban J connectivity index is 1.94. The maximum Gasteiger partial charge on any atom is 0.339 e. The molecule has 0 amide bonds. The lowest BCUT2D eigenvalue weighted by atomic mass is 10.2. The van der Waals surface area contributed by atoms with E-state index in [4.69, 9.17) is 19.3 Å². The van der Waals surface area contributed by atoms with E-state index in [9.17, 15) is 4.79 Å². The van der Waals surface area contributed by atoms with Crippen molar-refractivity contribution in [1.29, 1.82) is 0 Å². The molecule has 0 bridgehead atoms. The van der Waals surface area contributed by atoms with Crippen LogP contribution < -0.4 is 9.47 Å². The quantitative estimate of drug-likeness (QED) is 0.627. The Bertz CT molecular complexity index is 595. The number of carbonyl (C=O) groups is 1. The maximum absolute atomic E-state index is 11.1. The van der Waals surface area contributed by atoms with Crippen molar-refractivity contribution in [2.24, 2.45) is 0 Å². The molecule has 110 valence electrons. The average Bonchev–Trinajstić information content (AvgIpc) is 2.52. The molecule has 0 atom stereocenters. The van der Waals surface area contributed by atoms with E-state index >= 15 is 0 Å². The fourth-order valence-electron chi connectivity index (χ4n) is 1.76. The molecule has 1 N–H and O–H groups in total. The molecule has 0 aliphatic rings. The van der Waals surface area contributed by atoms with Crippen LogP contribution >= 0.6 is 0 Å². The Kier molecular flexibility index (Phi) is 5.17. The summed E-state index contributed by atoms with van der Waals surface area (Å²) in [5.74, 6) is -0.316. The maximum atomic E-state index is 11.1. The fraction of sp³-hybridized carbons (Fsp3) is 0.188. The summed E-state index contributed by atoms with van der Waals surface area (Å²) in [6.07, 6.45) is 0. The number of methoxy groups -OCH3 is 1. The summed E-state index contributed by atoms with van der Waals surface area (Å²) >= 11 is 0. The van der Waals surface area contributed by atoms with E-state index < -0.39 is 5.97 Å². The van der Waals surface area contributed by atoms with Crippen LogP contribution in [0.1, 0.15) is 15.9 Å². The number of hydrogen-bond acceptors (Lipinski definition) is 4. The third kappa shape index (κ3) is 4.22. The SMILES string of the molecule is COc1ccc(C(=O)O)c(OCOCc2ccccc2)c1. The average molecular weight is 288 g/mol. The number of hydrogen-bond donors (Lipinski definition) is 1. The van der Waals surface area contributed by atoms with Crippen LogP contribution in [0.15, 0.2) is 48.5 Å². The van der Waals surface area contributed by atoms with E-state index in [1.807, 2.05) is 30.3 Å². The second kappa shape index (κ2) is 7.31.